The Morgan fingerprint density at radius 3 is 2.26 bits per heavy atom. The molecule has 6 nitrogen and oxygen atoms in total. The highest BCUT2D eigenvalue weighted by Crippen LogP contribution is 2.10. The molecule has 0 bridgehead atoms. The highest BCUT2D eigenvalue weighted by Gasteiger charge is 2.02. The minimum Gasteiger partial charge on any atom is -0.268 e. The molecule has 2 heterocycles. The van der Waals surface area contributed by atoms with Crippen molar-refractivity contribution in [2.24, 2.45) is 4.99 Å². The van der Waals surface area contributed by atoms with Crippen molar-refractivity contribution in [3.8, 4) is 0 Å². The highest BCUT2D eigenvalue weighted by atomic mass is 32.2. The van der Waals surface area contributed by atoms with Crippen LogP contribution in [0.3, 0.4) is 0 Å². The van der Waals surface area contributed by atoms with Crippen molar-refractivity contribution in [2.75, 3.05) is 6.26 Å². The number of aromatic nitrogens is 4. The summed E-state index contributed by atoms with van der Waals surface area (Å²) in [5, 5.41) is 11.0. The summed E-state index contributed by atoms with van der Waals surface area (Å²) in [4.78, 5) is 14.7. The molecule has 0 saturated carbocycles. The first-order valence-electron chi connectivity index (χ1n) is 8.18. The van der Waals surface area contributed by atoms with Crippen LogP contribution in [0.1, 0.15) is 20.8 Å². The van der Waals surface area contributed by atoms with Gasteiger partial charge in [-0.2, -0.15) is 0 Å². The zero-order valence-corrected chi connectivity index (χ0v) is 17.4. The second-order valence-electron chi connectivity index (χ2n) is 4.10. The molecule has 0 aromatic carbocycles. The number of fused-ring (bicyclic) bond motifs is 1. The number of aromatic amines is 1. The monoisotopic (exact) mass is 387 g/mol. The molecule has 1 N–H and O–H groups in total. The summed E-state index contributed by atoms with van der Waals surface area (Å²) < 4.78 is 1.56. The molecule has 2 aromatic heterocycles. The molecule has 0 atom stereocenters. The molecule has 0 aliphatic carbocycles. The predicted octanol–water partition coefficient (Wildman–Crippen LogP) is 4.86. The molecule has 0 saturated heterocycles. The molecule has 0 aliphatic heterocycles. The Kier molecular flexibility index (Phi) is 16.1. The molecule has 7 heteroatoms. The van der Waals surface area contributed by atoms with Crippen molar-refractivity contribution in [3.05, 3.63) is 84.4 Å². The van der Waals surface area contributed by atoms with Crippen LogP contribution in [0.15, 0.2) is 89.0 Å². The minimum absolute atomic E-state index is 0.155. The van der Waals surface area contributed by atoms with Crippen LogP contribution in [0.2, 0.25) is 0 Å². The summed E-state index contributed by atoms with van der Waals surface area (Å²) >= 11 is 1.43. The Balaban J connectivity index is 0. The van der Waals surface area contributed by atoms with Gasteiger partial charge >= 0.3 is 0 Å². The fraction of sp³-hybridized carbons (Fsp3) is 0.200. The minimum atomic E-state index is -0.155. The molecule has 0 aliphatic rings. The second-order valence-corrected chi connectivity index (χ2v) is 4.87. The molecule has 0 amide bonds. The molecule has 146 valence electrons. The molecule has 2 rings (SSSR count). The van der Waals surface area contributed by atoms with E-state index in [9.17, 15) is 4.79 Å². The maximum absolute atomic E-state index is 10.9. The van der Waals surface area contributed by atoms with Crippen LogP contribution in [-0.2, 0) is 0 Å². The van der Waals surface area contributed by atoms with E-state index in [1.165, 1.54) is 17.8 Å². The number of H-pyrrole nitrogens is 1. The fourth-order valence-electron chi connectivity index (χ4n) is 1.61. The van der Waals surface area contributed by atoms with E-state index < -0.39 is 0 Å². The highest BCUT2D eigenvalue weighted by molar-refractivity contribution is 7.98. The third-order valence-electron chi connectivity index (χ3n) is 2.68. The number of aliphatic imine (C=N–C) groups is 1. The van der Waals surface area contributed by atoms with E-state index >= 15 is 0 Å². The van der Waals surface area contributed by atoms with Crippen molar-refractivity contribution in [1.82, 2.24) is 19.8 Å². The van der Waals surface area contributed by atoms with Gasteiger partial charge in [-0.15, -0.1) is 23.4 Å². The molecular weight excluding hydrogens is 358 g/mol. The Labute approximate surface area is 165 Å². The largest absolute Gasteiger partial charge is 0.268 e. The van der Waals surface area contributed by atoms with E-state index in [2.05, 4.69) is 53.3 Å². The summed E-state index contributed by atoms with van der Waals surface area (Å²) in [5.41, 5.74) is 2.20. The van der Waals surface area contributed by atoms with Crippen molar-refractivity contribution >= 4 is 24.1 Å². The Morgan fingerprint density at radius 2 is 1.81 bits per heavy atom. The maximum Gasteiger partial charge on any atom is 0.263 e. The van der Waals surface area contributed by atoms with E-state index in [4.69, 9.17) is 0 Å². The third kappa shape index (κ3) is 8.82. The SMILES string of the molecule is C=C.C=CC(C=C)=C(/C=C\C)N=C.CC.CSc1nnc2ccc(=O)[nH]n12. The van der Waals surface area contributed by atoms with Gasteiger partial charge in [0, 0.05) is 6.07 Å². The van der Waals surface area contributed by atoms with Gasteiger partial charge < -0.3 is 0 Å². The second kappa shape index (κ2) is 16.5. The number of hydrogen-bond acceptors (Lipinski definition) is 5. The van der Waals surface area contributed by atoms with Gasteiger partial charge in [0.25, 0.3) is 5.56 Å². The predicted molar refractivity (Wildman–Crippen MR) is 120 cm³/mol. The number of thioether (sulfide) groups is 1. The van der Waals surface area contributed by atoms with Crippen LogP contribution in [0.4, 0.5) is 0 Å². The average Bonchev–Trinajstić information content (AvgIpc) is 3.13. The van der Waals surface area contributed by atoms with Gasteiger partial charge in [0.15, 0.2) is 5.65 Å². The molecule has 0 unspecified atom stereocenters. The molecule has 0 fully saturated rings. The first kappa shape index (κ1) is 26.3. The Hall–Kier alpha value is -2.93. The Morgan fingerprint density at radius 1 is 1.22 bits per heavy atom. The zero-order valence-electron chi connectivity index (χ0n) is 16.6. The van der Waals surface area contributed by atoms with Gasteiger partial charge in [-0.25, -0.2) is 4.52 Å². The van der Waals surface area contributed by atoms with Crippen molar-refractivity contribution in [1.29, 1.82) is 0 Å². The molecule has 0 radical (unpaired) electrons. The molecule has 27 heavy (non-hydrogen) atoms. The van der Waals surface area contributed by atoms with Crippen LogP contribution in [-0.4, -0.2) is 32.8 Å². The van der Waals surface area contributed by atoms with Crippen LogP contribution in [0, 0.1) is 0 Å². The van der Waals surface area contributed by atoms with E-state index in [1.807, 2.05) is 39.2 Å². The first-order valence-corrected chi connectivity index (χ1v) is 9.40. The third-order valence-corrected chi connectivity index (χ3v) is 3.31. The van der Waals surface area contributed by atoms with Gasteiger partial charge in [-0.3, -0.25) is 14.9 Å². The van der Waals surface area contributed by atoms with Crippen LogP contribution < -0.4 is 5.56 Å². The first-order chi connectivity index (χ1) is 13.1. The maximum atomic E-state index is 10.9. The summed E-state index contributed by atoms with van der Waals surface area (Å²) in [6, 6.07) is 3.06. The van der Waals surface area contributed by atoms with E-state index in [1.54, 1.807) is 22.7 Å². The van der Waals surface area contributed by atoms with E-state index in [0.29, 0.717) is 10.8 Å². The van der Waals surface area contributed by atoms with Gasteiger partial charge in [-0.1, -0.05) is 57.0 Å². The summed E-state index contributed by atoms with van der Waals surface area (Å²) in [6.45, 7) is 22.6. The lowest BCUT2D eigenvalue weighted by molar-refractivity contribution is 0.794. The quantitative estimate of drug-likeness (QED) is 0.344. The molecule has 0 spiro atoms. The Bertz CT molecular complexity index is 820. The summed E-state index contributed by atoms with van der Waals surface area (Å²) in [6.07, 6.45) is 9.05. The van der Waals surface area contributed by atoms with E-state index in [0.717, 1.165) is 11.3 Å². The average molecular weight is 388 g/mol. The lowest BCUT2D eigenvalue weighted by Gasteiger charge is -1.96. The fourth-order valence-corrected chi connectivity index (χ4v) is 2.06. The van der Waals surface area contributed by atoms with Crippen LogP contribution >= 0.6 is 11.8 Å². The number of nitrogens with one attached hydrogen (secondary N) is 1. The smallest absolute Gasteiger partial charge is 0.263 e. The lowest BCUT2D eigenvalue weighted by Crippen LogP contribution is -2.09. The van der Waals surface area contributed by atoms with Crippen molar-refractivity contribution < 1.29 is 0 Å². The summed E-state index contributed by atoms with van der Waals surface area (Å²) in [5.74, 6) is 0. The summed E-state index contributed by atoms with van der Waals surface area (Å²) in [7, 11) is 0. The number of nitrogens with zero attached hydrogens (tertiary/aromatic N) is 4. The topological polar surface area (TPSA) is 75.4 Å². The van der Waals surface area contributed by atoms with Gasteiger partial charge in [-0.05, 0) is 37.6 Å². The van der Waals surface area contributed by atoms with Gasteiger partial charge in [0.2, 0.25) is 5.16 Å². The van der Waals surface area contributed by atoms with Gasteiger partial charge in [0.05, 0.1) is 5.70 Å². The lowest BCUT2D eigenvalue weighted by atomic mass is 10.2. The van der Waals surface area contributed by atoms with Crippen LogP contribution in [0.5, 0.6) is 0 Å². The van der Waals surface area contributed by atoms with Gasteiger partial charge in [0.1, 0.15) is 0 Å². The molecule has 2 aromatic rings. The zero-order chi connectivity index (χ0) is 21.2. The number of allylic oxidation sites excluding steroid dienone is 5. The molecular formula is C20H29N5OS. The standard InChI is InChI=1S/C10H13N.C6H6N4OS.C2H6.C2H4/c1-5-8-10(11-4)9(6-2)7-3;1-12-6-8-7-4-2-3-5(11)9-10(4)6;2*1-2/h5-8H,2-4H2,1H3;2-3H,1H3,(H,9,11);1-2H3;1-2H2/b8-5-;;;. The van der Waals surface area contributed by atoms with Crippen LogP contribution in [0.25, 0.3) is 5.65 Å². The number of rotatable bonds is 5. The van der Waals surface area contributed by atoms with Crippen molar-refractivity contribution in [2.45, 2.75) is 25.9 Å². The van der Waals surface area contributed by atoms with Crippen molar-refractivity contribution in [3.63, 3.8) is 0 Å². The van der Waals surface area contributed by atoms with E-state index in [-0.39, 0.29) is 5.56 Å². The number of hydrogen-bond donors (Lipinski definition) is 1. The normalized spacial score (nSPS) is 8.89.